The molecule has 2 aliphatic carbocycles. The Bertz CT molecular complexity index is 977. The first kappa shape index (κ1) is 23.2. The van der Waals surface area contributed by atoms with Crippen LogP contribution < -0.4 is 4.74 Å². The zero-order valence-corrected chi connectivity index (χ0v) is 21.0. The molecule has 0 radical (unpaired) electrons. The van der Waals surface area contributed by atoms with E-state index < -0.39 is 5.79 Å². The van der Waals surface area contributed by atoms with Crippen molar-refractivity contribution in [3.63, 3.8) is 0 Å². The Balaban J connectivity index is 1.32. The van der Waals surface area contributed by atoms with Crippen molar-refractivity contribution < 1.29 is 14.6 Å². The van der Waals surface area contributed by atoms with E-state index in [2.05, 4.69) is 52.0 Å². The Kier molecular flexibility index (Phi) is 6.26. The molecule has 0 aromatic heterocycles. The number of rotatable bonds is 6. The van der Waals surface area contributed by atoms with Gasteiger partial charge in [-0.3, -0.25) is 0 Å². The van der Waals surface area contributed by atoms with Crippen molar-refractivity contribution in [1.82, 2.24) is 0 Å². The molecule has 1 heterocycles. The predicted molar refractivity (Wildman–Crippen MR) is 132 cm³/mol. The van der Waals surface area contributed by atoms with Gasteiger partial charge >= 0.3 is 0 Å². The summed E-state index contributed by atoms with van der Waals surface area (Å²) in [5.41, 5.74) is 2.97. The zero-order valence-electron chi connectivity index (χ0n) is 20.3. The summed E-state index contributed by atoms with van der Waals surface area (Å²) in [5.74, 6) is 2.26. The molecule has 3 fully saturated rings. The monoisotopic (exact) mass is 468 g/mol. The van der Waals surface area contributed by atoms with E-state index in [-0.39, 0.29) is 12.0 Å². The first-order valence-corrected chi connectivity index (χ1v) is 13.1. The number of ether oxygens (including phenoxy) is 2. The quantitative estimate of drug-likeness (QED) is 0.497. The Morgan fingerprint density at radius 1 is 1.00 bits per heavy atom. The zero-order chi connectivity index (χ0) is 23.3. The predicted octanol–water partition coefficient (Wildman–Crippen LogP) is 6.97. The van der Waals surface area contributed by atoms with Gasteiger partial charge in [0.05, 0.1) is 12.2 Å². The minimum Gasteiger partial charge on any atom is -0.490 e. The van der Waals surface area contributed by atoms with Crippen LogP contribution in [0, 0.1) is 29.6 Å². The van der Waals surface area contributed by atoms with Crippen molar-refractivity contribution in [3.8, 4) is 5.75 Å². The number of fused-ring (bicyclic) bond motifs is 1. The van der Waals surface area contributed by atoms with Crippen molar-refractivity contribution in [2.75, 3.05) is 0 Å². The highest BCUT2D eigenvalue weighted by atomic mass is 35.5. The van der Waals surface area contributed by atoms with Crippen LogP contribution in [0.25, 0.3) is 0 Å². The van der Waals surface area contributed by atoms with Crippen LogP contribution >= 0.6 is 11.6 Å². The molecule has 2 aromatic rings. The van der Waals surface area contributed by atoms with Crippen LogP contribution in [0.5, 0.6) is 5.75 Å². The molecule has 0 spiro atoms. The molecule has 3 nitrogen and oxygen atoms in total. The summed E-state index contributed by atoms with van der Waals surface area (Å²) in [6.45, 7) is 8.67. The summed E-state index contributed by atoms with van der Waals surface area (Å²) in [6.07, 6.45) is 5.86. The van der Waals surface area contributed by atoms with Crippen LogP contribution in [0.2, 0.25) is 5.02 Å². The lowest BCUT2D eigenvalue weighted by Gasteiger charge is -2.49. The van der Waals surface area contributed by atoms with Crippen molar-refractivity contribution >= 4 is 11.6 Å². The number of hydrogen-bond acceptors (Lipinski definition) is 3. The highest BCUT2D eigenvalue weighted by Crippen LogP contribution is 2.52. The summed E-state index contributed by atoms with van der Waals surface area (Å²) in [6, 6.07) is 14.2. The van der Waals surface area contributed by atoms with E-state index in [0.29, 0.717) is 29.4 Å². The topological polar surface area (TPSA) is 38.7 Å². The van der Waals surface area contributed by atoms with Crippen LogP contribution in [0.15, 0.2) is 42.5 Å². The Hall–Kier alpha value is -1.55. The number of benzene rings is 2. The largest absolute Gasteiger partial charge is 0.490 e. The second kappa shape index (κ2) is 8.91. The maximum absolute atomic E-state index is 11.7. The fourth-order valence-corrected chi connectivity index (χ4v) is 6.35. The minimum absolute atomic E-state index is 0.0117. The molecule has 3 aliphatic rings. The van der Waals surface area contributed by atoms with Crippen molar-refractivity contribution in [1.29, 1.82) is 0 Å². The summed E-state index contributed by atoms with van der Waals surface area (Å²) in [5, 5.41) is 12.4. The van der Waals surface area contributed by atoms with Gasteiger partial charge in [-0.2, -0.15) is 0 Å². The lowest BCUT2D eigenvalue weighted by Crippen LogP contribution is -2.51. The third-order valence-electron chi connectivity index (χ3n) is 8.84. The first-order valence-electron chi connectivity index (χ1n) is 12.7. The Morgan fingerprint density at radius 3 is 2.36 bits per heavy atom. The molecule has 1 N–H and O–H groups in total. The smallest absolute Gasteiger partial charge is 0.195 e. The molecular weight excluding hydrogens is 432 g/mol. The van der Waals surface area contributed by atoms with Crippen molar-refractivity contribution in [2.24, 2.45) is 29.6 Å². The number of halogens is 1. The molecule has 4 heteroatoms. The third kappa shape index (κ3) is 4.45. The van der Waals surface area contributed by atoms with E-state index in [0.717, 1.165) is 35.1 Å². The van der Waals surface area contributed by atoms with Gasteiger partial charge in [0.1, 0.15) is 5.75 Å². The van der Waals surface area contributed by atoms with Crippen molar-refractivity contribution in [2.45, 2.75) is 77.8 Å². The van der Waals surface area contributed by atoms with Crippen LogP contribution in [0.3, 0.4) is 0 Å². The van der Waals surface area contributed by atoms with E-state index in [1.54, 1.807) is 0 Å². The van der Waals surface area contributed by atoms with Gasteiger partial charge in [-0.05, 0) is 91.2 Å². The standard InChI is InChI=1S/C29H37ClO3/c1-5-28-18(3)17(2)19(4)29(31,33-28)24-8-11-27(30)23(14-24)12-20-6-9-25(10-7-20)32-26-15-21-13-22(21)16-26/h6-11,14,17-19,21-22,26,28,31H,5,12-13,15-16H2,1-4H3/t17-,18-,19+,21-,22+,26?,28+,29?/m0/s1. The maximum Gasteiger partial charge on any atom is 0.195 e. The molecule has 8 atom stereocenters. The highest BCUT2D eigenvalue weighted by Gasteiger charge is 2.49. The van der Waals surface area contributed by atoms with Gasteiger partial charge in [0.25, 0.3) is 0 Å². The van der Waals surface area contributed by atoms with Gasteiger partial charge in [0.2, 0.25) is 0 Å². The van der Waals surface area contributed by atoms with Gasteiger partial charge in [0, 0.05) is 16.5 Å². The summed E-state index contributed by atoms with van der Waals surface area (Å²) in [7, 11) is 0. The van der Waals surface area contributed by atoms with E-state index in [9.17, 15) is 5.11 Å². The summed E-state index contributed by atoms with van der Waals surface area (Å²) < 4.78 is 12.5. The van der Waals surface area contributed by atoms with Gasteiger partial charge in [-0.25, -0.2) is 0 Å². The van der Waals surface area contributed by atoms with Crippen LogP contribution in [0.1, 0.15) is 70.1 Å². The SMILES string of the molecule is CC[C@H]1OC(O)(c2ccc(Cl)c(Cc3ccc(OC4C[C@@H]5C[C@@H]5C4)cc3)c2)[C@H](C)[C@@H](C)[C@@H]1C. The Labute approximate surface area is 203 Å². The summed E-state index contributed by atoms with van der Waals surface area (Å²) in [4.78, 5) is 0. The average molecular weight is 469 g/mol. The lowest BCUT2D eigenvalue weighted by atomic mass is 9.72. The third-order valence-corrected chi connectivity index (χ3v) is 9.20. The fourth-order valence-electron chi connectivity index (χ4n) is 6.17. The fraction of sp³-hybridized carbons (Fsp3) is 0.586. The molecule has 2 saturated carbocycles. The molecule has 0 amide bonds. The maximum atomic E-state index is 11.7. The van der Waals surface area contributed by atoms with E-state index in [1.165, 1.54) is 24.8 Å². The summed E-state index contributed by atoms with van der Waals surface area (Å²) >= 11 is 6.59. The molecule has 5 rings (SSSR count). The molecule has 0 bridgehead atoms. The second-order valence-corrected chi connectivity index (χ2v) is 11.3. The molecule has 1 saturated heterocycles. The molecule has 2 unspecified atom stereocenters. The second-order valence-electron chi connectivity index (χ2n) is 10.9. The Morgan fingerprint density at radius 2 is 1.70 bits per heavy atom. The molecule has 33 heavy (non-hydrogen) atoms. The highest BCUT2D eigenvalue weighted by molar-refractivity contribution is 6.31. The van der Waals surface area contributed by atoms with Crippen LogP contribution in [-0.2, 0) is 16.9 Å². The first-order chi connectivity index (χ1) is 15.8. The van der Waals surface area contributed by atoms with Crippen molar-refractivity contribution in [3.05, 3.63) is 64.2 Å². The average Bonchev–Trinajstić information content (AvgIpc) is 3.43. The van der Waals surface area contributed by atoms with Crippen LogP contribution in [0.4, 0.5) is 0 Å². The number of hydrogen-bond donors (Lipinski definition) is 1. The van der Waals surface area contributed by atoms with Gasteiger partial charge < -0.3 is 14.6 Å². The molecule has 178 valence electrons. The minimum atomic E-state index is -1.30. The molecule has 2 aromatic carbocycles. The van der Waals surface area contributed by atoms with E-state index in [4.69, 9.17) is 21.1 Å². The van der Waals surface area contributed by atoms with Gasteiger partial charge in [-0.15, -0.1) is 0 Å². The van der Waals surface area contributed by atoms with E-state index >= 15 is 0 Å². The van der Waals surface area contributed by atoms with E-state index in [1.807, 2.05) is 18.2 Å². The van der Waals surface area contributed by atoms with Gasteiger partial charge in [0.15, 0.2) is 5.79 Å². The lowest BCUT2D eigenvalue weighted by molar-refractivity contribution is -0.316. The number of aliphatic hydroxyl groups is 1. The van der Waals surface area contributed by atoms with Gasteiger partial charge in [-0.1, -0.05) is 57.5 Å². The molecule has 1 aliphatic heterocycles. The van der Waals surface area contributed by atoms with Crippen LogP contribution in [-0.4, -0.2) is 17.3 Å². The normalized spacial score (nSPS) is 37.6. The molecular formula is C29H37ClO3.